The zero-order valence-electron chi connectivity index (χ0n) is 14.3. The van der Waals surface area contributed by atoms with Crippen LogP contribution >= 0.6 is 0 Å². The number of rotatable bonds is 3. The number of nitrogens with one attached hydrogen (secondary N) is 1. The van der Waals surface area contributed by atoms with Gasteiger partial charge in [-0.15, -0.1) is 0 Å². The number of aryl methyl sites for hydroxylation is 1. The first kappa shape index (κ1) is 16.4. The summed E-state index contributed by atoms with van der Waals surface area (Å²) in [4.78, 5) is 19.9. The van der Waals surface area contributed by atoms with Crippen LogP contribution < -0.4 is 5.32 Å². The molecule has 0 spiro atoms. The standard InChI is InChI=1S/C18H28N4O/c1-15-3-5-16(6-4-15)17(21-13-11-20(2)12-14-21)18(23)22-9-7-19-8-10-22/h3-6,17,19H,7-14H2,1-2H3. The van der Waals surface area contributed by atoms with Crippen molar-refractivity contribution in [3.05, 3.63) is 35.4 Å². The summed E-state index contributed by atoms with van der Waals surface area (Å²) in [5, 5.41) is 3.33. The van der Waals surface area contributed by atoms with E-state index in [4.69, 9.17) is 0 Å². The quantitative estimate of drug-likeness (QED) is 0.892. The van der Waals surface area contributed by atoms with Gasteiger partial charge in [0.05, 0.1) is 0 Å². The average Bonchev–Trinajstić information content (AvgIpc) is 2.59. The third-order valence-electron chi connectivity index (χ3n) is 4.96. The maximum Gasteiger partial charge on any atom is 0.244 e. The van der Waals surface area contributed by atoms with Crippen LogP contribution in [0.25, 0.3) is 0 Å². The molecule has 5 nitrogen and oxygen atoms in total. The predicted molar refractivity (Wildman–Crippen MR) is 92.4 cm³/mol. The van der Waals surface area contributed by atoms with Gasteiger partial charge >= 0.3 is 0 Å². The number of amides is 1. The van der Waals surface area contributed by atoms with Crippen molar-refractivity contribution >= 4 is 5.91 Å². The van der Waals surface area contributed by atoms with Crippen molar-refractivity contribution in [2.75, 3.05) is 59.4 Å². The molecule has 0 radical (unpaired) electrons. The van der Waals surface area contributed by atoms with Crippen LogP contribution in [0.2, 0.25) is 0 Å². The maximum atomic E-state index is 13.2. The number of carbonyl (C=O) groups is 1. The molecule has 23 heavy (non-hydrogen) atoms. The summed E-state index contributed by atoms with van der Waals surface area (Å²) in [7, 11) is 2.15. The lowest BCUT2D eigenvalue weighted by Gasteiger charge is -2.40. The summed E-state index contributed by atoms with van der Waals surface area (Å²) in [5.74, 6) is 0.264. The number of likely N-dealkylation sites (N-methyl/N-ethyl adjacent to an activating group) is 1. The lowest BCUT2D eigenvalue weighted by atomic mass is 10.0. The van der Waals surface area contributed by atoms with E-state index in [1.807, 2.05) is 4.90 Å². The van der Waals surface area contributed by atoms with Gasteiger partial charge in [-0.25, -0.2) is 0 Å². The minimum atomic E-state index is -0.137. The maximum absolute atomic E-state index is 13.2. The number of hydrogen-bond donors (Lipinski definition) is 1. The van der Waals surface area contributed by atoms with Crippen molar-refractivity contribution in [2.24, 2.45) is 0 Å². The van der Waals surface area contributed by atoms with Crippen LogP contribution in [0.15, 0.2) is 24.3 Å². The first-order valence-corrected chi connectivity index (χ1v) is 8.64. The zero-order valence-corrected chi connectivity index (χ0v) is 14.3. The number of piperazine rings is 2. The van der Waals surface area contributed by atoms with Gasteiger partial charge in [-0.05, 0) is 19.5 Å². The molecule has 1 aromatic rings. The summed E-state index contributed by atoms with van der Waals surface area (Å²) in [5.41, 5.74) is 2.36. The second-order valence-corrected chi connectivity index (χ2v) is 6.73. The first-order valence-electron chi connectivity index (χ1n) is 8.64. The fourth-order valence-corrected chi connectivity index (χ4v) is 3.40. The van der Waals surface area contributed by atoms with Gasteiger partial charge in [0, 0.05) is 52.4 Å². The molecule has 1 unspecified atom stereocenters. The summed E-state index contributed by atoms with van der Waals surface area (Å²) in [6.45, 7) is 9.47. The Kier molecular flexibility index (Phi) is 5.30. The molecule has 1 atom stereocenters. The van der Waals surface area contributed by atoms with Crippen LogP contribution in [0, 0.1) is 6.92 Å². The Morgan fingerprint density at radius 3 is 2.22 bits per heavy atom. The summed E-state index contributed by atoms with van der Waals surface area (Å²) >= 11 is 0. The highest BCUT2D eigenvalue weighted by molar-refractivity contribution is 5.83. The lowest BCUT2D eigenvalue weighted by molar-refractivity contribution is -0.138. The van der Waals surface area contributed by atoms with Gasteiger partial charge in [-0.3, -0.25) is 9.69 Å². The van der Waals surface area contributed by atoms with E-state index in [9.17, 15) is 4.79 Å². The molecular formula is C18H28N4O. The SMILES string of the molecule is Cc1ccc(C(C(=O)N2CCNCC2)N2CCN(C)CC2)cc1. The molecule has 3 rings (SSSR count). The third-order valence-corrected chi connectivity index (χ3v) is 4.96. The van der Waals surface area contributed by atoms with Crippen LogP contribution in [0.4, 0.5) is 0 Å². The van der Waals surface area contributed by atoms with Crippen LogP contribution in [0.3, 0.4) is 0 Å². The first-order chi connectivity index (χ1) is 11.1. The van der Waals surface area contributed by atoms with E-state index in [2.05, 4.69) is 53.4 Å². The van der Waals surface area contributed by atoms with E-state index < -0.39 is 0 Å². The lowest BCUT2D eigenvalue weighted by Crippen LogP contribution is -2.53. The number of carbonyl (C=O) groups excluding carboxylic acids is 1. The minimum absolute atomic E-state index is 0.137. The Labute approximate surface area is 139 Å². The van der Waals surface area contributed by atoms with Gasteiger partial charge in [0.1, 0.15) is 6.04 Å². The number of hydrogen-bond acceptors (Lipinski definition) is 4. The molecule has 1 amide bonds. The molecule has 126 valence electrons. The van der Waals surface area contributed by atoms with Gasteiger partial charge < -0.3 is 15.1 Å². The Hall–Kier alpha value is -1.43. The van der Waals surface area contributed by atoms with Crippen molar-refractivity contribution in [1.82, 2.24) is 20.0 Å². The van der Waals surface area contributed by atoms with Gasteiger partial charge in [0.25, 0.3) is 0 Å². The summed E-state index contributed by atoms with van der Waals surface area (Å²) in [6.07, 6.45) is 0. The number of benzene rings is 1. The van der Waals surface area contributed by atoms with Gasteiger partial charge in [-0.1, -0.05) is 29.8 Å². The van der Waals surface area contributed by atoms with Gasteiger partial charge in [-0.2, -0.15) is 0 Å². The van der Waals surface area contributed by atoms with Gasteiger partial charge in [0.2, 0.25) is 5.91 Å². The molecule has 2 fully saturated rings. The Balaban J connectivity index is 1.83. The highest BCUT2D eigenvalue weighted by atomic mass is 16.2. The van der Waals surface area contributed by atoms with Gasteiger partial charge in [0.15, 0.2) is 0 Å². The Morgan fingerprint density at radius 2 is 1.61 bits per heavy atom. The Morgan fingerprint density at radius 1 is 1.00 bits per heavy atom. The smallest absolute Gasteiger partial charge is 0.244 e. The van der Waals surface area contributed by atoms with Crippen molar-refractivity contribution in [3.63, 3.8) is 0 Å². The van der Waals surface area contributed by atoms with Crippen molar-refractivity contribution in [2.45, 2.75) is 13.0 Å². The molecule has 0 saturated carbocycles. The molecule has 1 N–H and O–H groups in total. The topological polar surface area (TPSA) is 38.8 Å². The van der Waals surface area contributed by atoms with E-state index in [0.717, 1.165) is 57.9 Å². The largest absolute Gasteiger partial charge is 0.338 e. The fraction of sp³-hybridized carbons (Fsp3) is 0.611. The van der Waals surface area contributed by atoms with E-state index in [1.54, 1.807) is 0 Å². The zero-order chi connectivity index (χ0) is 16.2. The molecule has 2 heterocycles. The van der Waals surface area contributed by atoms with Crippen LogP contribution in [0.5, 0.6) is 0 Å². The van der Waals surface area contributed by atoms with E-state index in [1.165, 1.54) is 5.56 Å². The predicted octanol–water partition coefficient (Wildman–Crippen LogP) is 0.715. The molecule has 2 saturated heterocycles. The second-order valence-electron chi connectivity index (χ2n) is 6.73. The normalized spacial score (nSPS) is 22.1. The summed E-state index contributed by atoms with van der Waals surface area (Å²) < 4.78 is 0. The molecular weight excluding hydrogens is 288 g/mol. The monoisotopic (exact) mass is 316 g/mol. The molecule has 0 aromatic heterocycles. The van der Waals surface area contributed by atoms with E-state index in [-0.39, 0.29) is 11.9 Å². The average molecular weight is 316 g/mol. The summed E-state index contributed by atoms with van der Waals surface area (Å²) in [6, 6.07) is 8.34. The molecule has 0 bridgehead atoms. The fourth-order valence-electron chi connectivity index (χ4n) is 3.40. The highest BCUT2D eigenvalue weighted by Crippen LogP contribution is 2.25. The molecule has 1 aromatic carbocycles. The van der Waals surface area contributed by atoms with Crippen LogP contribution in [0.1, 0.15) is 17.2 Å². The highest BCUT2D eigenvalue weighted by Gasteiger charge is 2.33. The van der Waals surface area contributed by atoms with Crippen molar-refractivity contribution < 1.29 is 4.79 Å². The van der Waals surface area contributed by atoms with Crippen molar-refractivity contribution in [1.29, 1.82) is 0 Å². The minimum Gasteiger partial charge on any atom is -0.338 e. The van der Waals surface area contributed by atoms with Crippen LogP contribution in [-0.4, -0.2) is 80.0 Å². The van der Waals surface area contributed by atoms with E-state index in [0.29, 0.717) is 0 Å². The second kappa shape index (κ2) is 7.43. The Bertz CT molecular complexity index is 516. The van der Waals surface area contributed by atoms with Crippen molar-refractivity contribution in [3.8, 4) is 0 Å². The third kappa shape index (κ3) is 3.91. The number of nitrogens with zero attached hydrogens (tertiary/aromatic N) is 3. The van der Waals surface area contributed by atoms with Crippen LogP contribution in [-0.2, 0) is 4.79 Å². The molecule has 2 aliphatic rings. The molecule has 0 aliphatic carbocycles. The molecule has 2 aliphatic heterocycles. The molecule has 5 heteroatoms. The van der Waals surface area contributed by atoms with E-state index >= 15 is 0 Å².